The highest BCUT2D eigenvalue weighted by molar-refractivity contribution is 9.10. The van der Waals surface area contributed by atoms with Crippen LogP contribution in [0.2, 0.25) is 0 Å². The van der Waals surface area contributed by atoms with Crippen LogP contribution in [0, 0.1) is 11.3 Å². The van der Waals surface area contributed by atoms with Gasteiger partial charge < -0.3 is 10.6 Å². The van der Waals surface area contributed by atoms with Gasteiger partial charge in [0.15, 0.2) is 0 Å². The molecule has 8 heteroatoms. The second-order valence-corrected chi connectivity index (χ2v) is 5.84. The van der Waals surface area contributed by atoms with E-state index in [9.17, 15) is 4.79 Å². The number of carbonyl (C=O) groups excluding carboxylic acids is 1. The van der Waals surface area contributed by atoms with Gasteiger partial charge in [0.1, 0.15) is 23.4 Å². The standard InChI is InChI=1S/C17H11BrN6O/c18-12-7-14(10-20-9-12)23-17(25)11-4-5-21-16(6-11)24-15-3-1-2-13(8-19)22-15/h1-7,9-10H,(H,23,25)(H,21,22,24). The molecule has 7 nitrogen and oxygen atoms in total. The van der Waals surface area contributed by atoms with E-state index in [0.717, 1.165) is 4.47 Å². The summed E-state index contributed by atoms with van der Waals surface area (Å²) >= 11 is 3.31. The minimum Gasteiger partial charge on any atom is -0.325 e. The van der Waals surface area contributed by atoms with Crippen molar-refractivity contribution in [3.8, 4) is 6.07 Å². The van der Waals surface area contributed by atoms with Crippen molar-refractivity contribution in [2.75, 3.05) is 10.6 Å². The SMILES string of the molecule is N#Cc1cccc(Nc2cc(C(=O)Nc3cncc(Br)c3)ccn2)n1. The number of anilines is 3. The molecule has 0 aliphatic heterocycles. The number of aromatic nitrogens is 3. The Labute approximate surface area is 151 Å². The molecule has 0 bridgehead atoms. The molecule has 0 saturated carbocycles. The van der Waals surface area contributed by atoms with Gasteiger partial charge in [-0.2, -0.15) is 5.26 Å². The van der Waals surface area contributed by atoms with Crippen LogP contribution in [0.5, 0.6) is 0 Å². The number of halogens is 1. The fourth-order valence-electron chi connectivity index (χ4n) is 2.02. The number of nitrogens with one attached hydrogen (secondary N) is 2. The average Bonchev–Trinajstić information content (AvgIpc) is 2.62. The molecule has 3 aromatic rings. The Morgan fingerprint density at radius 1 is 1.16 bits per heavy atom. The van der Waals surface area contributed by atoms with Crippen molar-refractivity contribution >= 4 is 39.2 Å². The monoisotopic (exact) mass is 394 g/mol. The van der Waals surface area contributed by atoms with Gasteiger partial charge in [-0.05, 0) is 46.3 Å². The number of rotatable bonds is 4. The van der Waals surface area contributed by atoms with Crippen LogP contribution >= 0.6 is 15.9 Å². The van der Waals surface area contributed by atoms with E-state index in [1.165, 1.54) is 6.20 Å². The van der Waals surface area contributed by atoms with Crippen molar-refractivity contribution in [3.05, 3.63) is 70.7 Å². The molecule has 0 aliphatic carbocycles. The summed E-state index contributed by atoms with van der Waals surface area (Å²) in [7, 11) is 0. The number of amides is 1. The zero-order valence-corrected chi connectivity index (χ0v) is 14.4. The minimum atomic E-state index is -0.288. The smallest absolute Gasteiger partial charge is 0.255 e. The van der Waals surface area contributed by atoms with E-state index in [2.05, 4.69) is 41.5 Å². The molecule has 0 aromatic carbocycles. The largest absolute Gasteiger partial charge is 0.325 e. The Morgan fingerprint density at radius 3 is 2.84 bits per heavy atom. The summed E-state index contributed by atoms with van der Waals surface area (Å²) < 4.78 is 0.769. The molecule has 0 atom stereocenters. The van der Waals surface area contributed by atoms with Crippen molar-refractivity contribution in [3.63, 3.8) is 0 Å². The number of hydrogen-bond acceptors (Lipinski definition) is 6. The quantitative estimate of drug-likeness (QED) is 0.701. The lowest BCUT2D eigenvalue weighted by atomic mass is 10.2. The number of carbonyl (C=O) groups is 1. The van der Waals surface area contributed by atoms with E-state index in [0.29, 0.717) is 28.6 Å². The van der Waals surface area contributed by atoms with E-state index >= 15 is 0 Å². The first-order chi connectivity index (χ1) is 12.1. The Bertz CT molecular complexity index is 969. The Morgan fingerprint density at radius 2 is 2.04 bits per heavy atom. The zero-order valence-electron chi connectivity index (χ0n) is 12.8. The molecule has 0 unspecified atom stereocenters. The summed E-state index contributed by atoms with van der Waals surface area (Å²) in [5.74, 6) is 0.631. The van der Waals surface area contributed by atoms with Crippen molar-refractivity contribution in [2.24, 2.45) is 0 Å². The first-order valence-electron chi connectivity index (χ1n) is 7.16. The number of nitrogens with zero attached hydrogens (tertiary/aromatic N) is 4. The highest BCUT2D eigenvalue weighted by Crippen LogP contribution is 2.17. The summed E-state index contributed by atoms with van der Waals surface area (Å²) in [4.78, 5) is 24.6. The highest BCUT2D eigenvalue weighted by atomic mass is 79.9. The number of hydrogen-bond donors (Lipinski definition) is 2. The summed E-state index contributed by atoms with van der Waals surface area (Å²) in [6.45, 7) is 0. The molecule has 122 valence electrons. The average molecular weight is 395 g/mol. The van der Waals surface area contributed by atoms with Gasteiger partial charge in [0.2, 0.25) is 0 Å². The number of pyridine rings is 3. The van der Waals surface area contributed by atoms with E-state index in [4.69, 9.17) is 5.26 Å². The van der Waals surface area contributed by atoms with Gasteiger partial charge in [0, 0.05) is 22.4 Å². The van der Waals surface area contributed by atoms with Crippen LogP contribution in [0.1, 0.15) is 16.1 Å². The molecule has 0 radical (unpaired) electrons. The van der Waals surface area contributed by atoms with Gasteiger partial charge in [-0.3, -0.25) is 9.78 Å². The van der Waals surface area contributed by atoms with Crippen molar-refractivity contribution in [1.29, 1.82) is 5.26 Å². The van der Waals surface area contributed by atoms with Gasteiger partial charge in [-0.1, -0.05) is 6.07 Å². The number of nitriles is 1. The third-order valence-electron chi connectivity index (χ3n) is 3.10. The first-order valence-corrected chi connectivity index (χ1v) is 7.95. The van der Waals surface area contributed by atoms with Crippen LogP contribution in [0.15, 0.2) is 59.5 Å². The molecule has 25 heavy (non-hydrogen) atoms. The lowest BCUT2D eigenvalue weighted by molar-refractivity contribution is 0.102. The molecule has 0 aliphatic rings. The Balaban J connectivity index is 1.76. The van der Waals surface area contributed by atoms with Gasteiger partial charge in [-0.15, -0.1) is 0 Å². The van der Waals surface area contributed by atoms with E-state index in [1.807, 2.05) is 6.07 Å². The van der Waals surface area contributed by atoms with Gasteiger partial charge in [-0.25, -0.2) is 9.97 Å². The molecule has 0 spiro atoms. The molecule has 2 N–H and O–H groups in total. The fourth-order valence-corrected chi connectivity index (χ4v) is 2.39. The third-order valence-corrected chi connectivity index (χ3v) is 3.54. The summed E-state index contributed by atoms with van der Waals surface area (Å²) in [5, 5.41) is 14.6. The second-order valence-electron chi connectivity index (χ2n) is 4.92. The predicted molar refractivity (Wildman–Crippen MR) is 96.4 cm³/mol. The molecular weight excluding hydrogens is 384 g/mol. The van der Waals surface area contributed by atoms with Crippen LogP contribution in [-0.4, -0.2) is 20.9 Å². The van der Waals surface area contributed by atoms with Crippen LogP contribution in [0.3, 0.4) is 0 Å². The molecule has 0 fully saturated rings. The van der Waals surface area contributed by atoms with Crippen molar-refractivity contribution < 1.29 is 4.79 Å². The summed E-state index contributed by atoms with van der Waals surface area (Å²) in [6, 6.07) is 12.0. The molecular formula is C17H11BrN6O. The lowest BCUT2D eigenvalue weighted by Crippen LogP contribution is -2.12. The van der Waals surface area contributed by atoms with Gasteiger partial charge in [0.25, 0.3) is 5.91 Å². The third kappa shape index (κ3) is 4.37. The maximum atomic E-state index is 12.4. The van der Waals surface area contributed by atoms with Crippen molar-refractivity contribution in [2.45, 2.75) is 0 Å². The Kier molecular flexibility index (Phi) is 4.97. The molecule has 3 rings (SSSR count). The predicted octanol–water partition coefficient (Wildman–Crippen LogP) is 3.50. The maximum absolute atomic E-state index is 12.4. The van der Waals surface area contributed by atoms with E-state index in [1.54, 1.807) is 48.8 Å². The van der Waals surface area contributed by atoms with Crippen LogP contribution < -0.4 is 10.6 Å². The van der Waals surface area contributed by atoms with Crippen LogP contribution in [-0.2, 0) is 0 Å². The zero-order chi connectivity index (χ0) is 17.6. The summed E-state index contributed by atoms with van der Waals surface area (Å²) in [6.07, 6.45) is 4.71. The summed E-state index contributed by atoms with van der Waals surface area (Å²) in [5.41, 5.74) is 1.30. The van der Waals surface area contributed by atoms with E-state index < -0.39 is 0 Å². The first kappa shape index (κ1) is 16.5. The highest BCUT2D eigenvalue weighted by Gasteiger charge is 2.09. The topological polar surface area (TPSA) is 104 Å². The second kappa shape index (κ2) is 7.51. The lowest BCUT2D eigenvalue weighted by Gasteiger charge is -2.08. The minimum absolute atomic E-state index is 0.288. The molecule has 3 aromatic heterocycles. The molecule has 1 amide bonds. The van der Waals surface area contributed by atoms with E-state index in [-0.39, 0.29) is 5.91 Å². The molecule has 3 heterocycles. The van der Waals surface area contributed by atoms with Crippen LogP contribution in [0.4, 0.5) is 17.3 Å². The maximum Gasteiger partial charge on any atom is 0.255 e. The van der Waals surface area contributed by atoms with Crippen LogP contribution in [0.25, 0.3) is 0 Å². The van der Waals surface area contributed by atoms with Crippen molar-refractivity contribution in [1.82, 2.24) is 15.0 Å². The van der Waals surface area contributed by atoms with Gasteiger partial charge >= 0.3 is 0 Å². The Hall–Kier alpha value is -3.31. The van der Waals surface area contributed by atoms with Gasteiger partial charge in [0.05, 0.1) is 11.9 Å². The fraction of sp³-hybridized carbons (Fsp3) is 0. The normalized spacial score (nSPS) is 9.92. The molecule has 0 saturated heterocycles.